The molecule has 2 N–H and O–H groups in total. The molecule has 6 nitrogen and oxygen atoms in total. The van der Waals surface area contributed by atoms with Crippen LogP contribution in [0.1, 0.15) is 34.6 Å². The van der Waals surface area contributed by atoms with Crippen molar-refractivity contribution in [1.29, 1.82) is 10.5 Å². The Morgan fingerprint density at radius 2 is 1.17 bits per heavy atom. The molecule has 0 bridgehead atoms. The number of benzene rings is 1. The van der Waals surface area contributed by atoms with Gasteiger partial charge in [-0.05, 0) is 12.1 Å². The average Bonchev–Trinajstić information content (AvgIpc) is 2.31. The predicted molar refractivity (Wildman–Crippen MR) is 62.9 cm³/mol. The zero-order chi connectivity index (χ0) is 14.6. The lowest BCUT2D eigenvalue weighted by Gasteiger charge is -1.98. The summed E-state index contributed by atoms with van der Waals surface area (Å²) in [6, 6.07) is 8.98. The third kappa shape index (κ3) is 7.43. The Kier molecular flexibility index (Phi) is 10.4. The molecule has 1 rings (SSSR count). The van der Waals surface area contributed by atoms with Crippen molar-refractivity contribution >= 4 is 11.9 Å². The molecule has 0 heterocycles. The minimum Gasteiger partial charge on any atom is -0.478 e. The number of carboxylic acid groups (broad SMARTS) is 2. The van der Waals surface area contributed by atoms with Gasteiger partial charge in [-0.1, -0.05) is 12.1 Å². The molecule has 6 heteroatoms. The zero-order valence-corrected chi connectivity index (χ0v) is 9.91. The van der Waals surface area contributed by atoms with E-state index in [-0.39, 0.29) is 11.1 Å². The van der Waals surface area contributed by atoms with Gasteiger partial charge < -0.3 is 10.2 Å². The van der Waals surface area contributed by atoms with Crippen LogP contribution in [0.15, 0.2) is 24.3 Å². The SMILES string of the molecule is CC#N.CC#N.O=C(O)c1ccccc1C(=O)O. The highest BCUT2D eigenvalue weighted by Crippen LogP contribution is 2.07. The quantitative estimate of drug-likeness (QED) is 0.826. The summed E-state index contributed by atoms with van der Waals surface area (Å²) in [5.41, 5.74) is -0.380. The molecule has 94 valence electrons. The summed E-state index contributed by atoms with van der Waals surface area (Å²) in [7, 11) is 0. The smallest absolute Gasteiger partial charge is 0.336 e. The summed E-state index contributed by atoms with van der Waals surface area (Å²) >= 11 is 0. The Bertz CT molecular complexity index is 439. The van der Waals surface area contributed by atoms with Crippen molar-refractivity contribution in [2.45, 2.75) is 13.8 Å². The Morgan fingerprint density at radius 1 is 0.944 bits per heavy atom. The third-order valence-electron chi connectivity index (χ3n) is 1.39. The Balaban J connectivity index is 0. The molecule has 0 unspecified atom stereocenters. The zero-order valence-electron chi connectivity index (χ0n) is 9.91. The Morgan fingerprint density at radius 3 is 1.33 bits per heavy atom. The van der Waals surface area contributed by atoms with Gasteiger partial charge in [-0.2, -0.15) is 10.5 Å². The van der Waals surface area contributed by atoms with E-state index in [9.17, 15) is 9.59 Å². The van der Waals surface area contributed by atoms with Crippen molar-refractivity contribution < 1.29 is 19.8 Å². The molecule has 0 aliphatic rings. The summed E-state index contributed by atoms with van der Waals surface area (Å²) in [6.45, 7) is 2.86. The highest BCUT2D eigenvalue weighted by Gasteiger charge is 2.13. The number of aromatic carboxylic acids is 2. The van der Waals surface area contributed by atoms with Gasteiger partial charge in [0.15, 0.2) is 0 Å². The fourth-order valence-corrected chi connectivity index (χ4v) is 0.856. The van der Waals surface area contributed by atoms with Gasteiger partial charge in [-0.15, -0.1) is 0 Å². The van der Waals surface area contributed by atoms with Gasteiger partial charge in [-0.3, -0.25) is 0 Å². The van der Waals surface area contributed by atoms with E-state index in [4.69, 9.17) is 20.7 Å². The van der Waals surface area contributed by atoms with E-state index in [1.165, 1.54) is 38.1 Å². The van der Waals surface area contributed by atoms with Crippen molar-refractivity contribution in [1.82, 2.24) is 0 Å². The second-order valence-corrected chi connectivity index (χ2v) is 2.60. The second-order valence-electron chi connectivity index (χ2n) is 2.60. The normalized spacial score (nSPS) is 7.11. The Labute approximate surface area is 104 Å². The fourth-order valence-electron chi connectivity index (χ4n) is 0.856. The number of nitrogens with zero attached hydrogens (tertiary/aromatic N) is 2. The maximum atomic E-state index is 10.5. The van der Waals surface area contributed by atoms with Gasteiger partial charge in [0.1, 0.15) is 0 Å². The molecule has 1 aromatic rings. The van der Waals surface area contributed by atoms with Gasteiger partial charge in [0, 0.05) is 13.8 Å². The minimum atomic E-state index is -1.23. The highest BCUT2D eigenvalue weighted by atomic mass is 16.4. The highest BCUT2D eigenvalue weighted by molar-refractivity contribution is 6.01. The van der Waals surface area contributed by atoms with E-state index in [1.54, 1.807) is 12.1 Å². The van der Waals surface area contributed by atoms with Gasteiger partial charge >= 0.3 is 11.9 Å². The molecule has 0 spiro atoms. The summed E-state index contributed by atoms with van der Waals surface area (Å²) in [4.78, 5) is 20.9. The largest absolute Gasteiger partial charge is 0.478 e. The Hall–Kier alpha value is -2.86. The lowest BCUT2D eigenvalue weighted by Crippen LogP contribution is -2.06. The van der Waals surface area contributed by atoms with Crippen LogP contribution in [-0.2, 0) is 0 Å². The van der Waals surface area contributed by atoms with Crippen LogP contribution in [0.5, 0.6) is 0 Å². The van der Waals surface area contributed by atoms with Crippen molar-refractivity contribution in [3.05, 3.63) is 35.4 Å². The van der Waals surface area contributed by atoms with Gasteiger partial charge in [0.05, 0.1) is 23.3 Å². The van der Waals surface area contributed by atoms with E-state index in [2.05, 4.69) is 0 Å². The number of carbonyl (C=O) groups is 2. The molecule has 0 radical (unpaired) electrons. The van der Waals surface area contributed by atoms with E-state index >= 15 is 0 Å². The number of nitriles is 2. The lowest BCUT2D eigenvalue weighted by atomic mass is 10.1. The van der Waals surface area contributed by atoms with E-state index in [0.717, 1.165) is 0 Å². The standard InChI is InChI=1S/C8H6O4.2C2H3N/c9-7(10)5-3-1-2-4-6(5)8(11)12;2*1-2-3/h1-4H,(H,9,10)(H,11,12);2*1H3. The molecule has 0 aromatic heterocycles. The third-order valence-corrected chi connectivity index (χ3v) is 1.39. The second kappa shape index (κ2) is 10.7. The molecule has 0 atom stereocenters. The van der Waals surface area contributed by atoms with Crippen LogP contribution < -0.4 is 0 Å². The van der Waals surface area contributed by atoms with E-state index < -0.39 is 11.9 Å². The molecule has 1 aromatic carbocycles. The van der Waals surface area contributed by atoms with Crippen molar-refractivity contribution in [3.63, 3.8) is 0 Å². The summed E-state index contributed by atoms with van der Waals surface area (Å²) in [5.74, 6) is -2.46. The first-order chi connectivity index (χ1) is 8.45. The molecule has 0 amide bonds. The summed E-state index contributed by atoms with van der Waals surface area (Å²) in [6.07, 6.45) is 0. The van der Waals surface area contributed by atoms with Crippen molar-refractivity contribution in [3.8, 4) is 12.1 Å². The van der Waals surface area contributed by atoms with Crippen LogP contribution in [0.2, 0.25) is 0 Å². The maximum Gasteiger partial charge on any atom is 0.336 e. The van der Waals surface area contributed by atoms with Gasteiger partial charge in [0.2, 0.25) is 0 Å². The number of hydrogen-bond acceptors (Lipinski definition) is 4. The van der Waals surface area contributed by atoms with E-state index in [1.807, 2.05) is 0 Å². The molecule has 0 aliphatic carbocycles. The fraction of sp³-hybridized carbons (Fsp3) is 0.167. The van der Waals surface area contributed by atoms with Gasteiger partial charge in [-0.25, -0.2) is 9.59 Å². The first-order valence-electron chi connectivity index (χ1n) is 4.63. The summed E-state index contributed by atoms with van der Waals surface area (Å²) < 4.78 is 0. The molecular weight excluding hydrogens is 236 g/mol. The van der Waals surface area contributed by atoms with Crippen LogP contribution in [0.25, 0.3) is 0 Å². The van der Waals surface area contributed by atoms with Crippen LogP contribution in [0.4, 0.5) is 0 Å². The van der Waals surface area contributed by atoms with Gasteiger partial charge in [0.25, 0.3) is 0 Å². The van der Waals surface area contributed by atoms with Crippen LogP contribution in [0.3, 0.4) is 0 Å². The monoisotopic (exact) mass is 248 g/mol. The van der Waals surface area contributed by atoms with Crippen LogP contribution >= 0.6 is 0 Å². The predicted octanol–water partition coefficient (Wildman–Crippen LogP) is 2.14. The maximum absolute atomic E-state index is 10.5. The van der Waals surface area contributed by atoms with E-state index in [0.29, 0.717) is 0 Å². The first-order valence-corrected chi connectivity index (χ1v) is 4.63. The molecule has 0 aliphatic heterocycles. The molecule has 0 saturated heterocycles. The first kappa shape index (κ1) is 17.5. The molecule has 0 saturated carbocycles. The number of rotatable bonds is 2. The number of carboxylic acids is 2. The molecule has 0 fully saturated rings. The van der Waals surface area contributed by atoms with Crippen LogP contribution in [-0.4, -0.2) is 22.2 Å². The summed E-state index contributed by atoms with van der Waals surface area (Å²) in [5, 5.41) is 31.7. The van der Waals surface area contributed by atoms with Crippen molar-refractivity contribution in [2.24, 2.45) is 0 Å². The number of hydrogen-bond donors (Lipinski definition) is 2. The average molecular weight is 248 g/mol. The lowest BCUT2D eigenvalue weighted by molar-refractivity contribution is 0.0651. The van der Waals surface area contributed by atoms with Crippen molar-refractivity contribution in [2.75, 3.05) is 0 Å². The minimum absolute atomic E-state index is 0.190. The topological polar surface area (TPSA) is 122 Å². The molecular formula is C12H12N2O4. The van der Waals surface area contributed by atoms with Crippen LogP contribution in [0, 0.1) is 22.7 Å². The molecule has 18 heavy (non-hydrogen) atoms.